The minimum Gasteiger partial charge on any atom is -0.461 e. The average Bonchev–Trinajstić information content (AvgIpc) is 3.14. The van der Waals surface area contributed by atoms with Gasteiger partial charge < -0.3 is 14.8 Å². The summed E-state index contributed by atoms with van der Waals surface area (Å²) >= 11 is 2.88. The van der Waals surface area contributed by atoms with Crippen LogP contribution in [0.4, 0.5) is 0 Å². The number of nitrogens with zero attached hydrogens (tertiary/aromatic N) is 1. The van der Waals surface area contributed by atoms with Gasteiger partial charge in [-0.05, 0) is 32.2 Å². The lowest BCUT2D eigenvalue weighted by Gasteiger charge is -2.49. The highest BCUT2D eigenvalue weighted by molar-refractivity contribution is 8.00. The molecule has 1 N–H and O–H groups in total. The number of esters is 2. The minimum atomic E-state index is -0.751. The summed E-state index contributed by atoms with van der Waals surface area (Å²) in [5.41, 5.74) is -0.139. The molecule has 0 aromatic carbocycles. The second-order valence-corrected chi connectivity index (χ2v) is 10.1. The lowest BCUT2D eigenvalue weighted by atomic mass is 10.0. The zero-order valence-corrected chi connectivity index (χ0v) is 18.9. The van der Waals surface area contributed by atoms with E-state index < -0.39 is 29.0 Å². The summed E-state index contributed by atoms with van der Waals surface area (Å²) in [6.07, 6.45) is 0.200. The molecule has 3 heterocycles. The molecule has 2 aliphatic rings. The Morgan fingerprint density at radius 2 is 2.03 bits per heavy atom. The van der Waals surface area contributed by atoms with Crippen molar-refractivity contribution in [2.24, 2.45) is 0 Å². The zero-order chi connectivity index (χ0) is 22.1. The van der Waals surface area contributed by atoms with Gasteiger partial charge in [0.15, 0.2) is 0 Å². The van der Waals surface area contributed by atoms with Gasteiger partial charge in [-0.3, -0.25) is 19.3 Å². The fourth-order valence-corrected chi connectivity index (χ4v) is 5.12. The Bertz CT molecular complexity index is 888. The van der Waals surface area contributed by atoms with Gasteiger partial charge in [-0.15, -0.1) is 23.1 Å². The molecule has 1 aromatic heterocycles. The lowest BCUT2D eigenvalue weighted by molar-refractivity contribution is -0.159. The molecule has 0 saturated carbocycles. The first-order valence-electron chi connectivity index (χ1n) is 9.42. The van der Waals surface area contributed by atoms with Crippen molar-refractivity contribution >= 4 is 46.9 Å². The van der Waals surface area contributed by atoms with Gasteiger partial charge >= 0.3 is 11.9 Å². The molecular weight excluding hydrogens is 428 g/mol. The number of nitrogens with one attached hydrogen (secondary N) is 1. The molecule has 3 rings (SSSR count). The van der Waals surface area contributed by atoms with Crippen LogP contribution in [0.3, 0.4) is 0 Å². The standard InChI is InChI=1S/C20H24N2O6S2/c1-11(23)27-9-12-10-30-18-15(21-14(24)8-13-6-5-7-29-13)17(25)22(18)16(12)19(26)28-20(2,3)4/h5-7,15,18H,8-10H2,1-4H3,(H,21,24)/t15?,18-/m0/s1. The van der Waals surface area contributed by atoms with E-state index in [0.717, 1.165) is 4.88 Å². The van der Waals surface area contributed by atoms with Crippen LogP contribution in [-0.4, -0.2) is 58.0 Å². The third-order valence-corrected chi connectivity index (χ3v) is 6.54. The molecule has 1 fully saturated rings. The van der Waals surface area contributed by atoms with Gasteiger partial charge in [-0.1, -0.05) is 6.07 Å². The minimum absolute atomic E-state index is 0.0944. The Morgan fingerprint density at radius 3 is 2.63 bits per heavy atom. The number of rotatable bonds is 6. The maximum atomic E-state index is 12.8. The predicted molar refractivity (Wildman–Crippen MR) is 113 cm³/mol. The second kappa shape index (κ2) is 8.81. The molecule has 0 aliphatic carbocycles. The van der Waals surface area contributed by atoms with Crippen LogP contribution in [0.2, 0.25) is 0 Å². The van der Waals surface area contributed by atoms with E-state index in [0.29, 0.717) is 11.3 Å². The number of hydrogen-bond donors (Lipinski definition) is 1. The third-order valence-electron chi connectivity index (χ3n) is 4.32. The van der Waals surface area contributed by atoms with Gasteiger partial charge in [0.2, 0.25) is 5.91 Å². The quantitative estimate of drug-likeness (QED) is 0.519. The first-order chi connectivity index (χ1) is 14.1. The maximum absolute atomic E-state index is 12.8. The van der Waals surface area contributed by atoms with Gasteiger partial charge in [-0.2, -0.15) is 0 Å². The SMILES string of the molecule is CC(=O)OCC1=C(C(=O)OC(C)(C)C)N2C(=O)C(NC(=O)Cc3cccs3)[C@@H]2SC1. The van der Waals surface area contributed by atoms with E-state index in [2.05, 4.69) is 5.32 Å². The van der Waals surface area contributed by atoms with Crippen LogP contribution >= 0.6 is 23.1 Å². The van der Waals surface area contributed by atoms with Crippen LogP contribution in [0, 0.1) is 0 Å². The van der Waals surface area contributed by atoms with Crippen LogP contribution in [-0.2, 0) is 35.1 Å². The molecule has 1 aromatic rings. The number of carbonyl (C=O) groups is 4. The molecule has 162 valence electrons. The van der Waals surface area contributed by atoms with Crippen molar-refractivity contribution in [2.75, 3.05) is 12.4 Å². The monoisotopic (exact) mass is 452 g/mol. The largest absolute Gasteiger partial charge is 0.461 e. The summed E-state index contributed by atoms with van der Waals surface area (Å²) in [7, 11) is 0. The number of ether oxygens (including phenoxy) is 2. The molecular formula is C20H24N2O6S2. The number of fused-ring (bicyclic) bond motifs is 1. The van der Waals surface area contributed by atoms with E-state index >= 15 is 0 Å². The van der Waals surface area contributed by atoms with E-state index in [1.54, 1.807) is 20.8 Å². The normalized spacial score (nSPS) is 20.9. The van der Waals surface area contributed by atoms with Crippen molar-refractivity contribution in [1.29, 1.82) is 0 Å². The summed E-state index contributed by atoms with van der Waals surface area (Å²) in [5, 5.41) is 4.25. The zero-order valence-electron chi connectivity index (χ0n) is 17.2. The highest BCUT2D eigenvalue weighted by Crippen LogP contribution is 2.41. The molecule has 2 amide bonds. The fraction of sp³-hybridized carbons (Fsp3) is 0.500. The molecule has 2 atom stereocenters. The van der Waals surface area contributed by atoms with Crippen molar-refractivity contribution in [2.45, 2.75) is 51.1 Å². The smallest absolute Gasteiger partial charge is 0.355 e. The van der Waals surface area contributed by atoms with Crippen molar-refractivity contribution in [3.63, 3.8) is 0 Å². The maximum Gasteiger partial charge on any atom is 0.355 e. The van der Waals surface area contributed by atoms with Crippen LogP contribution in [0.15, 0.2) is 28.8 Å². The van der Waals surface area contributed by atoms with Crippen LogP contribution in [0.25, 0.3) is 0 Å². The highest BCUT2D eigenvalue weighted by Gasteiger charge is 2.54. The topological polar surface area (TPSA) is 102 Å². The van der Waals surface area contributed by atoms with Gasteiger partial charge in [-0.25, -0.2) is 4.79 Å². The molecule has 10 heteroatoms. The summed E-state index contributed by atoms with van der Waals surface area (Å²) in [5.74, 6) is -1.37. The number of hydrogen-bond acceptors (Lipinski definition) is 8. The van der Waals surface area contributed by atoms with Crippen molar-refractivity contribution in [3.8, 4) is 0 Å². The Hall–Kier alpha value is -2.33. The molecule has 8 nitrogen and oxygen atoms in total. The molecule has 0 bridgehead atoms. The Labute approximate surface area is 183 Å². The van der Waals surface area contributed by atoms with E-state index in [4.69, 9.17) is 9.47 Å². The first-order valence-corrected chi connectivity index (χ1v) is 11.3. The van der Waals surface area contributed by atoms with Crippen molar-refractivity contribution < 1.29 is 28.7 Å². The molecule has 0 radical (unpaired) electrons. The van der Waals surface area contributed by atoms with Gasteiger partial charge in [0.05, 0.1) is 6.42 Å². The molecule has 2 aliphatic heterocycles. The predicted octanol–water partition coefficient (Wildman–Crippen LogP) is 1.85. The number of β-lactam (4-membered cyclic amide) rings is 1. The van der Waals surface area contributed by atoms with Gasteiger partial charge in [0.1, 0.15) is 29.3 Å². The number of carbonyl (C=O) groups excluding carboxylic acids is 4. The number of amides is 2. The average molecular weight is 453 g/mol. The van der Waals surface area contributed by atoms with Crippen molar-refractivity contribution in [3.05, 3.63) is 33.7 Å². The van der Waals surface area contributed by atoms with Crippen LogP contribution in [0.1, 0.15) is 32.6 Å². The van der Waals surface area contributed by atoms with E-state index in [9.17, 15) is 19.2 Å². The third kappa shape index (κ3) is 5.04. The molecule has 1 saturated heterocycles. The Kier molecular flexibility index (Phi) is 6.56. The number of thioether (sulfide) groups is 1. The molecule has 30 heavy (non-hydrogen) atoms. The van der Waals surface area contributed by atoms with E-state index in [1.807, 2.05) is 17.5 Å². The van der Waals surface area contributed by atoms with Gasteiger partial charge in [0.25, 0.3) is 5.91 Å². The first kappa shape index (κ1) is 22.4. The van der Waals surface area contributed by atoms with Crippen LogP contribution < -0.4 is 5.32 Å². The second-order valence-electron chi connectivity index (χ2n) is 7.95. The summed E-state index contributed by atoms with van der Waals surface area (Å²) in [4.78, 5) is 51.5. The van der Waals surface area contributed by atoms with Gasteiger partial charge in [0, 0.05) is 23.1 Å². The Morgan fingerprint density at radius 1 is 1.30 bits per heavy atom. The molecule has 0 spiro atoms. The van der Waals surface area contributed by atoms with Crippen LogP contribution in [0.5, 0.6) is 0 Å². The summed E-state index contributed by atoms with van der Waals surface area (Å²) in [6, 6.07) is 3.01. The molecule has 1 unspecified atom stereocenters. The summed E-state index contributed by atoms with van der Waals surface area (Å²) < 4.78 is 10.5. The van der Waals surface area contributed by atoms with Crippen molar-refractivity contribution in [1.82, 2.24) is 10.2 Å². The number of thiophene rings is 1. The van der Waals surface area contributed by atoms with E-state index in [1.165, 1.54) is 34.9 Å². The Balaban J connectivity index is 1.76. The fourth-order valence-electron chi connectivity index (χ4n) is 3.09. The lowest BCUT2D eigenvalue weighted by Crippen LogP contribution is -2.70. The van der Waals surface area contributed by atoms with E-state index in [-0.39, 0.29) is 30.5 Å². The summed E-state index contributed by atoms with van der Waals surface area (Å²) in [6.45, 7) is 6.39. The highest BCUT2D eigenvalue weighted by atomic mass is 32.2.